The molecule has 0 radical (unpaired) electrons. The number of amides is 1. The predicted octanol–water partition coefficient (Wildman–Crippen LogP) is 2.63. The smallest absolute Gasteiger partial charge is 0.254 e. The number of nitrogens with one attached hydrogen (secondary N) is 1. The van der Waals surface area contributed by atoms with Gasteiger partial charge in [-0.15, -0.1) is 0 Å². The summed E-state index contributed by atoms with van der Waals surface area (Å²) >= 11 is 0. The van der Waals surface area contributed by atoms with E-state index in [0.717, 1.165) is 6.07 Å². The highest BCUT2D eigenvalue weighted by molar-refractivity contribution is 5.94. The van der Waals surface area contributed by atoms with Gasteiger partial charge in [0.2, 0.25) is 0 Å². The van der Waals surface area contributed by atoms with Gasteiger partial charge in [0, 0.05) is 13.2 Å². The van der Waals surface area contributed by atoms with Gasteiger partial charge < -0.3 is 10.4 Å². The van der Waals surface area contributed by atoms with E-state index in [1.165, 1.54) is 0 Å². The average molecular weight is 289 g/mol. The first-order chi connectivity index (χ1) is 9.28. The van der Waals surface area contributed by atoms with Crippen molar-refractivity contribution >= 4 is 5.91 Å². The Morgan fingerprint density at radius 2 is 1.90 bits per heavy atom. The minimum atomic E-state index is -1.66. The first kappa shape index (κ1) is 16.5. The topological polar surface area (TPSA) is 49.3 Å². The number of hydrogen-bond donors (Lipinski definition) is 2. The normalized spacial score (nSPS) is 11.5. The van der Waals surface area contributed by atoms with Crippen LogP contribution in [0.5, 0.6) is 0 Å². The number of benzene rings is 1. The molecular formula is C14H18F3NO2. The number of hydrogen-bond acceptors (Lipinski definition) is 2. The molecule has 0 fully saturated rings. The molecule has 1 aromatic rings. The van der Waals surface area contributed by atoms with Crippen LogP contribution in [0.3, 0.4) is 0 Å². The summed E-state index contributed by atoms with van der Waals surface area (Å²) in [5.74, 6) is -5.27. The van der Waals surface area contributed by atoms with Crippen LogP contribution in [0.25, 0.3) is 0 Å². The van der Waals surface area contributed by atoms with Crippen molar-refractivity contribution in [2.75, 3.05) is 13.2 Å². The lowest BCUT2D eigenvalue weighted by Crippen LogP contribution is -2.34. The van der Waals surface area contributed by atoms with E-state index in [1.807, 2.05) is 13.8 Å². The maximum atomic E-state index is 13.4. The molecule has 0 unspecified atom stereocenters. The van der Waals surface area contributed by atoms with Crippen LogP contribution in [-0.2, 0) is 0 Å². The molecule has 0 saturated heterocycles. The van der Waals surface area contributed by atoms with Gasteiger partial charge in [0.1, 0.15) is 0 Å². The molecule has 1 amide bonds. The zero-order valence-electron chi connectivity index (χ0n) is 11.5. The van der Waals surface area contributed by atoms with E-state index in [4.69, 9.17) is 5.11 Å². The monoisotopic (exact) mass is 289 g/mol. The molecule has 20 heavy (non-hydrogen) atoms. The van der Waals surface area contributed by atoms with Crippen molar-refractivity contribution in [3.63, 3.8) is 0 Å². The van der Waals surface area contributed by atoms with Crippen molar-refractivity contribution in [3.05, 3.63) is 35.1 Å². The fourth-order valence-electron chi connectivity index (χ4n) is 1.76. The van der Waals surface area contributed by atoms with Gasteiger partial charge in [-0.2, -0.15) is 0 Å². The standard InChI is InChI=1S/C14H18F3NO2/c1-14(2,6-3-7-19)8-18-13(20)9-4-5-10(15)12(17)11(9)16/h4-5,19H,3,6-8H2,1-2H3,(H,18,20). The summed E-state index contributed by atoms with van der Waals surface area (Å²) in [6, 6.07) is 1.62. The minimum Gasteiger partial charge on any atom is -0.396 e. The van der Waals surface area contributed by atoms with E-state index in [2.05, 4.69) is 5.32 Å². The number of rotatable bonds is 6. The molecule has 0 aliphatic rings. The number of carbonyl (C=O) groups is 1. The van der Waals surface area contributed by atoms with Crippen LogP contribution in [0.1, 0.15) is 37.0 Å². The molecule has 2 N–H and O–H groups in total. The largest absolute Gasteiger partial charge is 0.396 e. The van der Waals surface area contributed by atoms with Crippen LogP contribution in [0, 0.1) is 22.9 Å². The van der Waals surface area contributed by atoms with E-state index in [1.54, 1.807) is 0 Å². The zero-order valence-corrected chi connectivity index (χ0v) is 11.5. The van der Waals surface area contributed by atoms with E-state index < -0.39 is 28.9 Å². The SMILES string of the molecule is CC(C)(CCCO)CNC(=O)c1ccc(F)c(F)c1F. The summed E-state index contributed by atoms with van der Waals surface area (Å²) < 4.78 is 39.2. The lowest BCUT2D eigenvalue weighted by Gasteiger charge is -2.24. The molecule has 0 aliphatic carbocycles. The first-order valence-corrected chi connectivity index (χ1v) is 6.31. The second kappa shape index (κ2) is 6.74. The Labute approximate surface area is 115 Å². The third-order valence-corrected chi connectivity index (χ3v) is 3.02. The quantitative estimate of drug-likeness (QED) is 0.791. The third kappa shape index (κ3) is 4.23. The summed E-state index contributed by atoms with van der Waals surface area (Å²) in [4.78, 5) is 11.8. The molecule has 0 aliphatic heterocycles. The fraction of sp³-hybridized carbons (Fsp3) is 0.500. The van der Waals surface area contributed by atoms with Crippen molar-refractivity contribution in [3.8, 4) is 0 Å². The molecule has 0 aromatic heterocycles. The van der Waals surface area contributed by atoms with Crippen LogP contribution < -0.4 is 5.32 Å². The molecule has 6 heteroatoms. The Morgan fingerprint density at radius 3 is 2.50 bits per heavy atom. The van der Waals surface area contributed by atoms with Crippen molar-refractivity contribution in [2.24, 2.45) is 5.41 Å². The second-order valence-corrected chi connectivity index (χ2v) is 5.40. The molecular weight excluding hydrogens is 271 g/mol. The second-order valence-electron chi connectivity index (χ2n) is 5.40. The van der Waals surface area contributed by atoms with Crippen LogP contribution in [0.2, 0.25) is 0 Å². The molecule has 0 spiro atoms. The molecule has 112 valence electrons. The van der Waals surface area contributed by atoms with Gasteiger partial charge in [0.15, 0.2) is 17.5 Å². The Hall–Kier alpha value is -1.56. The van der Waals surface area contributed by atoms with Crippen molar-refractivity contribution < 1.29 is 23.1 Å². The summed E-state index contributed by atoms with van der Waals surface area (Å²) in [7, 11) is 0. The maximum absolute atomic E-state index is 13.4. The number of halogens is 3. The molecule has 1 rings (SSSR count). The molecule has 1 aromatic carbocycles. The summed E-state index contributed by atoms with van der Waals surface area (Å²) in [5, 5.41) is 11.2. The van der Waals surface area contributed by atoms with Crippen LogP contribution in [0.15, 0.2) is 12.1 Å². The third-order valence-electron chi connectivity index (χ3n) is 3.02. The molecule has 0 bridgehead atoms. The summed E-state index contributed by atoms with van der Waals surface area (Å²) in [6.45, 7) is 4.05. The Morgan fingerprint density at radius 1 is 1.25 bits per heavy atom. The van der Waals surface area contributed by atoms with Crippen molar-refractivity contribution in [1.29, 1.82) is 0 Å². The Kier molecular flexibility index (Phi) is 5.56. The Bertz CT molecular complexity index is 490. The number of aliphatic hydroxyl groups is 1. The van der Waals surface area contributed by atoms with E-state index in [-0.39, 0.29) is 18.6 Å². The van der Waals surface area contributed by atoms with Crippen LogP contribution in [-0.4, -0.2) is 24.2 Å². The molecule has 0 saturated carbocycles. The number of aliphatic hydroxyl groups excluding tert-OH is 1. The average Bonchev–Trinajstić information content (AvgIpc) is 2.40. The highest BCUT2D eigenvalue weighted by atomic mass is 19.2. The summed E-state index contributed by atoms with van der Waals surface area (Å²) in [6.07, 6.45) is 1.26. The highest BCUT2D eigenvalue weighted by Crippen LogP contribution is 2.21. The van der Waals surface area contributed by atoms with Gasteiger partial charge in [-0.3, -0.25) is 4.79 Å². The molecule has 0 heterocycles. The van der Waals surface area contributed by atoms with E-state index in [0.29, 0.717) is 18.9 Å². The zero-order chi connectivity index (χ0) is 15.3. The molecule has 3 nitrogen and oxygen atoms in total. The summed E-state index contributed by atoms with van der Waals surface area (Å²) in [5.41, 5.74) is -0.810. The predicted molar refractivity (Wildman–Crippen MR) is 68.8 cm³/mol. The highest BCUT2D eigenvalue weighted by Gasteiger charge is 2.22. The lowest BCUT2D eigenvalue weighted by atomic mass is 9.88. The first-order valence-electron chi connectivity index (χ1n) is 6.31. The van der Waals surface area contributed by atoms with Crippen molar-refractivity contribution in [1.82, 2.24) is 5.32 Å². The van der Waals surface area contributed by atoms with Gasteiger partial charge in [-0.25, -0.2) is 13.2 Å². The van der Waals surface area contributed by atoms with Gasteiger partial charge in [-0.05, 0) is 30.4 Å². The Balaban J connectivity index is 2.71. The maximum Gasteiger partial charge on any atom is 0.254 e. The van der Waals surface area contributed by atoms with Gasteiger partial charge in [0.05, 0.1) is 5.56 Å². The van der Waals surface area contributed by atoms with E-state index >= 15 is 0 Å². The van der Waals surface area contributed by atoms with Gasteiger partial charge in [0.25, 0.3) is 5.91 Å². The van der Waals surface area contributed by atoms with Crippen LogP contribution >= 0.6 is 0 Å². The lowest BCUT2D eigenvalue weighted by molar-refractivity contribution is 0.0927. The van der Waals surface area contributed by atoms with E-state index in [9.17, 15) is 18.0 Å². The van der Waals surface area contributed by atoms with Crippen molar-refractivity contribution in [2.45, 2.75) is 26.7 Å². The van der Waals surface area contributed by atoms with Gasteiger partial charge >= 0.3 is 0 Å². The van der Waals surface area contributed by atoms with Gasteiger partial charge in [-0.1, -0.05) is 13.8 Å². The fourth-order valence-corrected chi connectivity index (χ4v) is 1.76. The molecule has 0 atom stereocenters. The van der Waals surface area contributed by atoms with Crippen LogP contribution in [0.4, 0.5) is 13.2 Å². The minimum absolute atomic E-state index is 0.0508. The number of carbonyl (C=O) groups excluding carboxylic acids is 1.